The number of rotatable bonds is 3. The monoisotopic (exact) mass is 378 g/mol. The summed E-state index contributed by atoms with van der Waals surface area (Å²) in [5.41, 5.74) is 0.941. The Balaban J connectivity index is 1.78. The van der Waals surface area contributed by atoms with Gasteiger partial charge in [-0.25, -0.2) is 8.78 Å². The standard InChI is InChI=1S/C19H20F2N2O2S/c1-19(2)10-16(13-6-5-12(24-3)9-17(13)25-19)23-18(26)22-11-4-7-14(20)15(21)8-11/h4-9,16H,10H2,1-3H3,(H2,22,23,26)/t16-/m1/s1. The highest BCUT2D eigenvalue weighted by Gasteiger charge is 2.34. The van der Waals surface area contributed by atoms with Gasteiger partial charge in [0.15, 0.2) is 16.7 Å². The molecule has 7 heteroatoms. The first kappa shape index (κ1) is 18.4. The molecule has 0 aliphatic carbocycles. The molecule has 0 radical (unpaired) electrons. The lowest BCUT2D eigenvalue weighted by Crippen LogP contribution is -2.42. The number of hydrogen-bond acceptors (Lipinski definition) is 3. The molecular formula is C19H20F2N2O2S. The van der Waals surface area contributed by atoms with Gasteiger partial charge < -0.3 is 20.1 Å². The van der Waals surface area contributed by atoms with Gasteiger partial charge in [-0.15, -0.1) is 0 Å². The molecule has 0 unspecified atom stereocenters. The molecule has 2 aromatic carbocycles. The molecule has 3 rings (SSSR count). The smallest absolute Gasteiger partial charge is 0.171 e. The lowest BCUT2D eigenvalue weighted by atomic mass is 9.89. The van der Waals surface area contributed by atoms with Gasteiger partial charge in [-0.2, -0.15) is 0 Å². The number of thiocarbonyl (C=S) groups is 1. The van der Waals surface area contributed by atoms with E-state index in [4.69, 9.17) is 21.7 Å². The van der Waals surface area contributed by atoms with Crippen molar-refractivity contribution in [3.05, 3.63) is 53.6 Å². The van der Waals surface area contributed by atoms with E-state index in [-0.39, 0.29) is 6.04 Å². The van der Waals surface area contributed by atoms with Gasteiger partial charge in [0.1, 0.15) is 17.1 Å². The van der Waals surface area contributed by atoms with E-state index in [9.17, 15) is 8.78 Å². The van der Waals surface area contributed by atoms with Crippen molar-refractivity contribution in [3.63, 3.8) is 0 Å². The molecule has 2 aromatic rings. The molecule has 1 aliphatic rings. The van der Waals surface area contributed by atoms with Crippen molar-refractivity contribution < 1.29 is 18.3 Å². The minimum absolute atomic E-state index is 0.0926. The number of nitrogens with one attached hydrogen (secondary N) is 2. The Morgan fingerprint density at radius 3 is 2.65 bits per heavy atom. The topological polar surface area (TPSA) is 42.5 Å². The van der Waals surface area contributed by atoms with Crippen LogP contribution in [0.25, 0.3) is 0 Å². The maximum Gasteiger partial charge on any atom is 0.171 e. The molecule has 0 saturated heterocycles. The lowest BCUT2D eigenvalue weighted by Gasteiger charge is -2.38. The summed E-state index contributed by atoms with van der Waals surface area (Å²) in [7, 11) is 1.60. The second kappa shape index (κ2) is 7.07. The molecule has 4 nitrogen and oxygen atoms in total. The molecule has 0 spiro atoms. The van der Waals surface area contributed by atoms with Crippen LogP contribution in [0.2, 0.25) is 0 Å². The second-order valence-electron chi connectivity index (χ2n) is 6.75. The van der Waals surface area contributed by atoms with Crippen LogP contribution in [0.5, 0.6) is 11.5 Å². The zero-order valence-corrected chi connectivity index (χ0v) is 15.5. The maximum absolute atomic E-state index is 13.4. The highest BCUT2D eigenvalue weighted by atomic mass is 32.1. The number of halogens is 2. The van der Waals surface area contributed by atoms with E-state index in [1.807, 2.05) is 32.0 Å². The van der Waals surface area contributed by atoms with Gasteiger partial charge in [0.25, 0.3) is 0 Å². The minimum atomic E-state index is -0.928. The van der Waals surface area contributed by atoms with Crippen molar-refractivity contribution in [2.45, 2.75) is 31.9 Å². The molecule has 0 bridgehead atoms. The average molecular weight is 378 g/mol. The first-order valence-electron chi connectivity index (χ1n) is 8.17. The highest BCUT2D eigenvalue weighted by Crippen LogP contribution is 2.41. The van der Waals surface area contributed by atoms with Gasteiger partial charge in [0.2, 0.25) is 0 Å². The quantitative estimate of drug-likeness (QED) is 0.767. The van der Waals surface area contributed by atoms with Crippen molar-refractivity contribution in [3.8, 4) is 11.5 Å². The predicted molar refractivity (Wildman–Crippen MR) is 101 cm³/mol. The van der Waals surface area contributed by atoms with Gasteiger partial charge in [-0.1, -0.05) is 0 Å². The molecule has 0 amide bonds. The first-order valence-corrected chi connectivity index (χ1v) is 8.58. The van der Waals surface area contributed by atoms with Crippen molar-refractivity contribution in [2.24, 2.45) is 0 Å². The molecule has 138 valence electrons. The van der Waals surface area contributed by atoms with Crippen molar-refractivity contribution in [1.82, 2.24) is 5.32 Å². The van der Waals surface area contributed by atoms with E-state index in [2.05, 4.69) is 10.6 Å². The summed E-state index contributed by atoms with van der Waals surface area (Å²) >= 11 is 5.34. The van der Waals surface area contributed by atoms with Crippen molar-refractivity contribution in [2.75, 3.05) is 12.4 Å². The molecule has 1 heterocycles. The fraction of sp³-hybridized carbons (Fsp3) is 0.316. The van der Waals surface area contributed by atoms with Crippen molar-refractivity contribution >= 4 is 23.0 Å². The van der Waals surface area contributed by atoms with E-state index in [0.717, 1.165) is 23.4 Å². The third kappa shape index (κ3) is 4.04. The fourth-order valence-corrected chi connectivity index (χ4v) is 3.25. The van der Waals surface area contributed by atoms with Crippen LogP contribution in [-0.4, -0.2) is 17.8 Å². The van der Waals surface area contributed by atoms with Crippen LogP contribution in [0.15, 0.2) is 36.4 Å². The number of ether oxygens (including phenoxy) is 2. The highest BCUT2D eigenvalue weighted by molar-refractivity contribution is 7.80. The van der Waals surface area contributed by atoms with Gasteiger partial charge >= 0.3 is 0 Å². The van der Waals surface area contributed by atoms with Crippen LogP contribution in [0, 0.1) is 11.6 Å². The summed E-state index contributed by atoms with van der Waals surface area (Å²) in [4.78, 5) is 0. The van der Waals surface area contributed by atoms with Crippen LogP contribution >= 0.6 is 12.2 Å². The van der Waals surface area contributed by atoms with Gasteiger partial charge in [0, 0.05) is 29.8 Å². The number of benzene rings is 2. The molecule has 1 atom stereocenters. The van der Waals surface area contributed by atoms with Crippen LogP contribution in [-0.2, 0) is 0 Å². The third-order valence-corrected chi connectivity index (χ3v) is 4.38. The number of methoxy groups -OCH3 is 1. The van der Waals surface area contributed by atoms with Gasteiger partial charge in [-0.3, -0.25) is 0 Å². The summed E-state index contributed by atoms with van der Waals surface area (Å²) in [6, 6.07) is 9.10. The van der Waals surface area contributed by atoms with Crippen LogP contribution in [0.4, 0.5) is 14.5 Å². The molecule has 0 aromatic heterocycles. The summed E-state index contributed by atoms with van der Waals surface area (Å²) in [6.45, 7) is 3.99. The number of anilines is 1. The number of hydrogen-bond donors (Lipinski definition) is 2. The van der Waals surface area contributed by atoms with Crippen LogP contribution < -0.4 is 20.1 Å². The maximum atomic E-state index is 13.4. The summed E-state index contributed by atoms with van der Waals surface area (Å²) < 4.78 is 37.7. The molecule has 0 fully saturated rings. The lowest BCUT2D eigenvalue weighted by molar-refractivity contribution is 0.0693. The Kier molecular flexibility index (Phi) is 5.00. The first-order chi connectivity index (χ1) is 12.3. The van der Waals surface area contributed by atoms with E-state index in [1.165, 1.54) is 6.07 Å². The predicted octanol–water partition coefficient (Wildman–Crippen LogP) is 4.56. The largest absolute Gasteiger partial charge is 0.497 e. The van der Waals surface area contributed by atoms with E-state index in [1.54, 1.807) is 7.11 Å². The SMILES string of the molecule is COc1ccc2c(c1)OC(C)(C)C[C@H]2NC(=S)Nc1ccc(F)c(F)c1. The molecule has 26 heavy (non-hydrogen) atoms. The zero-order valence-electron chi connectivity index (χ0n) is 14.7. The Morgan fingerprint density at radius 1 is 1.19 bits per heavy atom. The fourth-order valence-electron chi connectivity index (χ4n) is 2.99. The van der Waals surface area contributed by atoms with E-state index >= 15 is 0 Å². The van der Waals surface area contributed by atoms with Gasteiger partial charge in [0.05, 0.1) is 13.2 Å². The third-order valence-electron chi connectivity index (χ3n) is 4.16. The van der Waals surface area contributed by atoms with E-state index in [0.29, 0.717) is 23.0 Å². The Bertz CT molecular complexity index is 842. The summed E-state index contributed by atoms with van der Waals surface area (Å²) in [6.07, 6.45) is 0.686. The Labute approximate surface area is 156 Å². The second-order valence-corrected chi connectivity index (χ2v) is 7.16. The Hall–Kier alpha value is -2.41. The molecule has 1 aliphatic heterocycles. The zero-order chi connectivity index (χ0) is 18.9. The molecular weight excluding hydrogens is 358 g/mol. The number of fused-ring (bicyclic) bond motifs is 1. The normalized spacial score (nSPS) is 17.7. The molecule has 2 N–H and O–H groups in total. The average Bonchev–Trinajstić information content (AvgIpc) is 2.56. The van der Waals surface area contributed by atoms with Crippen LogP contribution in [0.3, 0.4) is 0 Å². The summed E-state index contributed by atoms with van der Waals surface area (Å²) in [5.74, 6) is -0.387. The van der Waals surface area contributed by atoms with Gasteiger partial charge in [-0.05, 0) is 50.3 Å². The van der Waals surface area contributed by atoms with Crippen LogP contribution in [0.1, 0.15) is 31.9 Å². The minimum Gasteiger partial charge on any atom is -0.497 e. The Morgan fingerprint density at radius 2 is 1.96 bits per heavy atom. The van der Waals surface area contributed by atoms with E-state index < -0.39 is 17.2 Å². The summed E-state index contributed by atoms with van der Waals surface area (Å²) in [5, 5.41) is 6.44. The molecule has 0 saturated carbocycles. The van der Waals surface area contributed by atoms with Crippen molar-refractivity contribution in [1.29, 1.82) is 0 Å².